The number of halogens is 3. The minimum Gasteiger partial charge on any atom is -0.495 e. The van der Waals surface area contributed by atoms with Gasteiger partial charge in [-0.05, 0) is 158 Å². The summed E-state index contributed by atoms with van der Waals surface area (Å²) < 4.78 is 27.5. The molecule has 2 aromatic heterocycles. The molecule has 0 atom stereocenters. The molecule has 3 heterocycles. The van der Waals surface area contributed by atoms with E-state index in [2.05, 4.69) is 70.1 Å². The van der Waals surface area contributed by atoms with Gasteiger partial charge in [-0.15, -0.1) is 0 Å². The van der Waals surface area contributed by atoms with Gasteiger partial charge in [0.2, 0.25) is 0 Å². The van der Waals surface area contributed by atoms with Crippen molar-refractivity contribution in [3.63, 3.8) is 0 Å². The molecule has 0 radical (unpaired) electrons. The van der Waals surface area contributed by atoms with E-state index < -0.39 is 0 Å². The summed E-state index contributed by atoms with van der Waals surface area (Å²) in [6.45, 7) is 26.7. The predicted octanol–water partition coefficient (Wildman–Crippen LogP) is 13.9. The Morgan fingerprint density at radius 2 is 1.11 bits per heavy atom. The zero-order chi connectivity index (χ0) is 47.7. The fraction of sp³-hybridized carbons (Fsp3) is 0.192. The molecule has 1 aliphatic heterocycles. The van der Waals surface area contributed by atoms with Gasteiger partial charge in [0.05, 0.1) is 59.6 Å². The molecule has 4 N–H and O–H groups in total. The highest BCUT2D eigenvalue weighted by molar-refractivity contribution is 9.10. The topological polar surface area (TPSA) is 108 Å². The SMILES string of the molecule is Cc1c(N)cccc1B1OC(C)(C)C(C)(C)O1.[C-]#[N+]c1ccc2c(c1)c(-c1cccc(N)c1C)cn2-c1ccc(OC)c(Cl)c1.[C-]#[N+]c1ccc2c(c1)c(Br)cn2-c1ccc(OC)c(Cl)c1. The molecule has 1 aliphatic rings. The van der Waals surface area contributed by atoms with Crippen LogP contribution in [0.2, 0.25) is 10.0 Å². The molecule has 0 amide bonds. The van der Waals surface area contributed by atoms with Gasteiger partial charge in [0.25, 0.3) is 0 Å². The highest BCUT2D eigenvalue weighted by atomic mass is 79.9. The van der Waals surface area contributed by atoms with Crippen LogP contribution in [0.15, 0.2) is 126 Å². The van der Waals surface area contributed by atoms with Crippen molar-refractivity contribution in [3.8, 4) is 34.0 Å². The number of hydrogen-bond acceptors (Lipinski definition) is 6. The van der Waals surface area contributed by atoms with E-state index in [1.165, 1.54) is 0 Å². The van der Waals surface area contributed by atoms with Crippen LogP contribution in [0.25, 0.3) is 54.0 Å². The zero-order valence-electron chi connectivity index (χ0n) is 37.8. The number of nitrogen functional groups attached to an aromatic ring is 2. The van der Waals surface area contributed by atoms with Gasteiger partial charge < -0.3 is 39.4 Å². The Morgan fingerprint density at radius 1 is 0.621 bits per heavy atom. The first-order valence-corrected chi connectivity index (χ1v) is 22.4. The van der Waals surface area contributed by atoms with E-state index in [1.54, 1.807) is 14.2 Å². The Hall–Kier alpha value is -6.38. The molecule has 8 aromatic rings. The molecular formula is C52H48BBrCl2N6O4. The molecule has 10 nitrogen and oxygen atoms in total. The molecule has 0 bridgehead atoms. The largest absolute Gasteiger partial charge is 0.495 e. The fourth-order valence-electron chi connectivity index (χ4n) is 7.63. The average molecular weight is 983 g/mol. The summed E-state index contributed by atoms with van der Waals surface area (Å²) in [5, 5.41) is 3.09. The second-order valence-electron chi connectivity index (χ2n) is 16.7. The summed E-state index contributed by atoms with van der Waals surface area (Å²) in [5.41, 5.74) is 23.2. The van der Waals surface area contributed by atoms with Gasteiger partial charge in [-0.1, -0.05) is 59.6 Å². The molecule has 0 aliphatic carbocycles. The minimum absolute atomic E-state index is 0.311. The molecule has 1 fully saturated rings. The third-order valence-electron chi connectivity index (χ3n) is 12.2. The smallest absolute Gasteiger partial charge is 0.495 e. The van der Waals surface area contributed by atoms with Crippen LogP contribution in [-0.2, 0) is 9.31 Å². The van der Waals surface area contributed by atoms with Crippen LogP contribution in [0.5, 0.6) is 11.5 Å². The number of methoxy groups -OCH3 is 2. The standard InChI is InChI=1S/C23H18ClN3O.C16H10BrClN2O.C13H20BNO2/c1-14-17(5-4-6-21(14)25)19-13-27(16-8-10-23(28-3)20(24)12-16)22-9-7-15(26-2)11-18(19)22;1-19-10-3-5-15-12(7-10)13(17)9-20(15)11-4-6-16(21-2)14(18)8-11;1-9-10(7-6-8-11(9)15)14-16-12(2,3)13(4,5)17-14/h4-13H,25H2,1,3H3;3-9H,2H3;6-8H,15H2,1-5H3. The van der Waals surface area contributed by atoms with Gasteiger partial charge in [0, 0.05) is 50.6 Å². The van der Waals surface area contributed by atoms with E-state index in [9.17, 15) is 0 Å². The molecule has 334 valence electrons. The van der Waals surface area contributed by atoms with Crippen molar-refractivity contribution in [2.75, 3.05) is 25.7 Å². The van der Waals surface area contributed by atoms with Crippen molar-refractivity contribution in [1.82, 2.24) is 9.13 Å². The monoisotopic (exact) mass is 980 g/mol. The number of nitrogens with zero attached hydrogens (tertiary/aromatic N) is 4. The van der Waals surface area contributed by atoms with E-state index in [0.29, 0.717) is 32.9 Å². The van der Waals surface area contributed by atoms with Gasteiger partial charge in [-0.2, -0.15) is 0 Å². The summed E-state index contributed by atoms with van der Waals surface area (Å²) in [6.07, 6.45) is 4.04. The molecule has 0 saturated carbocycles. The van der Waals surface area contributed by atoms with Gasteiger partial charge >= 0.3 is 7.12 Å². The summed E-state index contributed by atoms with van der Waals surface area (Å²) >= 11 is 16.1. The number of aromatic nitrogens is 2. The van der Waals surface area contributed by atoms with Gasteiger partial charge in [-0.25, -0.2) is 9.69 Å². The number of ether oxygens (including phenoxy) is 2. The van der Waals surface area contributed by atoms with Crippen LogP contribution in [0.3, 0.4) is 0 Å². The first-order chi connectivity index (χ1) is 31.4. The van der Waals surface area contributed by atoms with Crippen molar-refractivity contribution in [2.24, 2.45) is 0 Å². The second-order valence-corrected chi connectivity index (χ2v) is 18.4. The van der Waals surface area contributed by atoms with E-state index in [1.807, 2.05) is 128 Å². The Kier molecular flexibility index (Phi) is 13.9. The first kappa shape index (κ1) is 47.6. The third kappa shape index (κ3) is 9.34. The maximum atomic E-state index is 7.38. The lowest BCUT2D eigenvalue weighted by molar-refractivity contribution is 0.00578. The van der Waals surface area contributed by atoms with Gasteiger partial charge in [0.15, 0.2) is 11.4 Å². The Morgan fingerprint density at radius 3 is 1.62 bits per heavy atom. The lowest BCUT2D eigenvalue weighted by Gasteiger charge is -2.32. The summed E-state index contributed by atoms with van der Waals surface area (Å²) in [7, 11) is 2.86. The second kappa shape index (κ2) is 19.2. The van der Waals surface area contributed by atoms with E-state index in [0.717, 1.165) is 76.7 Å². The Labute approximate surface area is 404 Å². The Balaban J connectivity index is 0.000000152. The fourth-order valence-corrected chi connectivity index (χ4v) is 8.66. The number of fused-ring (bicyclic) bond motifs is 2. The van der Waals surface area contributed by atoms with Crippen LogP contribution in [-0.4, -0.2) is 41.7 Å². The molecular weight excluding hydrogens is 934 g/mol. The maximum absolute atomic E-state index is 7.38. The van der Waals surface area contributed by atoms with Crippen molar-refractivity contribution < 1.29 is 18.8 Å². The van der Waals surface area contributed by atoms with Crippen LogP contribution in [0.1, 0.15) is 38.8 Å². The van der Waals surface area contributed by atoms with Crippen LogP contribution >= 0.6 is 39.1 Å². The summed E-state index contributed by atoms with van der Waals surface area (Å²) in [6, 6.07) is 34.4. The zero-order valence-corrected chi connectivity index (χ0v) is 40.9. The number of nitrogens with two attached hydrogens (primary N) is 2. The third-order valence-corrected chi connectivity index (χ3v) is 13.4. The van der Waals surface area contributed by atoms with Crippen LogP contribution in [0, 0.1) is 27.0 Å². The number of hydrogen-bond donors (Lipinski definition) is 2. The lowest BCUT2D eigenvalue weighted by Crippen LogP contribution is -2.41. The predicted molar refractivity (Wildman–Crippen MR) is 276 cm³/mol. The lowest BCUT2D eigenvalue weighted by atomic mass is 9.76. The molecule has 0 unspecified atom stereocenters. The quantitative estimate of drug-likeness (QED) is 0.0976. The molecule has 1 saturated heterocycles. The number of anilines is 2. The van der Waals surface area contributed by atoms with E-state index in [-0.39, 0.29) is 18.3 Å². The normalized spacial score (nSPS) is 13.6. The molecule has 14 heteroatoms. The minimum atomic E-state index is -0.330. The summed E-state index contributed by atoms with van der Waals surface area (Å²) in [5.74, 6) is 1.27. The molecule has 9 rings (SSSR count). The number of rotatable bonds is 6. The molecule has 0 spiro atoms. The molecule has 6 aromatic carbocycles. The van der Waals surface area contributed by atoms with E-state index >= 15 is 0 Å². The highest BCUT2D eigenvalue weighted by Gasteiger charge is 2.52. The Bertz CT molecular complexity index is 3210. The summed E-state index contributed by atoms with van der Waals surface area (Å²) in [4.78, 5) is 7.06. The number of benzene rings is 6. The molecule has 66 heavy (non-hydrogen) atoms. The van der Waals surface area contributed by atoms with Crippen molar-refractivity contribution >= 4 is 96.3 Å². The van der Waals surface area contributed by atoms with Gasteiger partial charge in [0.1, 0.15) is 11.5 Å². The van der Waals surface area contributed by atoms with Crippen molar-refractivity contribution in [3.05, 3.63) is 170 Å². The van der Waals surface area contributed by atoms with E-state index in [4.69, 9.17) is 66.6 Å². The highest BCUT2D eigenvalue weighted by Crippen LogP contribution is 2.40. The van der Waals surface area contributed by atoms with Crippen LogP contribution in [0.4, 0.5) is 22.7 Å². The maximum Gasteiger partial charge on any atom is 0.495 e. The van der Waals surface area contributed by atoms with Crippen molar-refractivity contribution in [2.45, 2.75) is 52.7 Å². The average Bonchev–Trinajstić information content (AvgIpc) is 3.91. The van der Waals surface area contributed by atoms with Crippen LogP contribution < -0.4 is 26.4 Å². The van der Waals surface area contributed by atoms with Gasteiger partial charge in [-0.3, -0.25) is 0 Å². The first-order valence-electron chi connectivity index (χ1n) is 20.9. The van der Waals surface area contributed by atoms with Crippen molar-refractivity contribution in [1.29, 1.82) is 0 Å².